The molecular weight excluding hydrogens is 412 g/mol. The Labute approximate surface area is 188 Å². The number of ether oxygens (including phenoxy) is 1. The van der Waals surface area contributed by atoms with Crippen LogP contribution in [0.4, 0.5) is 5.69 Å². The van der Waals surface area contributed by atoms with Crippen molar-refractivity contribution >= 4 is 11.6 Å². The van der Waals surface area contributed by atoms with E-state index in [1.54, 1.807) is 25.5 Å². The zero-order chi connectivity index (χ0) is 23.6. The molecule has 0 bridgehead atoms. The van der Waals surface area contributed by atoms with Crippen LogP contribution in [-0.4, -0.2) is 37.7 Å². The molecule has 0 saturated heterocycles. The van der Waals surface area contributed by atoms with Crippen LogP contribution in [0.2, 0.25) is 0 Å². The summed E-state index contributed by atoms with van der Waals surface area (Å²) < 4.78 is 14.8. The van der Waals surface area contributed by atoms with Gasteiger partial charge in [-0.25, -0.2) is 4.68 Å². The van der Waals surface area contributed by atoms with E-state index in [1.165, 1.54) is 6.42 Å². The van der Waals surface area contributed by atoms with Crippen molar-refractivity contribution < 1.29 is 19.2 Å². The molecule has 32 heavy (non-hydrogen) atoms. The van der Waals surface area contributed by atoms with Crippen molar-refractivity contribution in [2.75, 3.05) is 11.9 Å². The van der Waals surface area contributed by atoms with E-state index in [-0.39, 0.29) is 29.6 Å². The highest BCUT2D eigenvalue weighted by molar-refractivity contribution is 6.04. The fourth-order valence-electron chi connectivity index (χ4n) is 4.33. The summed E-state index contributed by atoms with van der Waals surface area (Å²) in [5, 5.41) is 16.7. The Kier molecular flexibility index (Phi) is 7.29. The van der Waals surface area contributed by atoms with Crippen molar-refractivity contribution in [1.29, 1.82) is 0 Å². The van der Waals surface area contributed by atoms with Crippen LogP contribution in [0.15, 0.2) is 9.32 Å². The third-order valence-corrected chi connectivity index (χ3v) is 6.23. The predicted molar refractivity (Wildman–Crippen MR) is 121 cm³/mol. The van der Waals surface area contributed by atoms with Crippen LogP contribution < -0.4 is 10.9 Å². The van der Waals surface area contributed by atoms with Crippen LogP contribution in [0.25, 0.3) is 0 Å². The highest BCUT2D eigenvalue weighted by Gasteiger charge is 2.29. The minimum atomic E-state index is -0.982. The number of carbonyl (C=O) groups is 1. The molecule has 9 heteroatoms. The Hall–Kier alpha value is -2.39. The third kappa shape index (κ3) is 4.99. The topological polar surface area (TPSA) is 112 Å². The molecule has 1 atom stereocenters. The van der Waals surface area contributed by atoms with Gasteiger partial charge in [0.25, 0.3) is 11.5 Å². The van der Waals surface area contributed by atoms with Crippen molar-refractivity contribution in [2.45, 2.75) is 90.9 Å². The molecule has 1 fully saturated rings. The van der Waals surface area contributed by atoms with Gasteiger partial charge < -0.3 is 19.7 Å². The first-order chi connectivity index (χ1) is 15.0. The predicted octanol–water partition coefficient (Wildman–Crippen LogP) is 3.79. The molecule has 178 valence electrons. The number of amides is 1. The lowest BCUT2D eigenvalue weighted by Gasteiger charge is -2.24. The molecule has 0 aromatic carbocycles. The Morgan fingerprint density at radius 2 is 1.97 bits per heavy atom. The van der Waals surface area contributed by atoms with Crippen LogP contribution in [0.3, 0.4) is 0 Å². The summed E-state index contributed by atoms with van der Waals surface area (Å²) in [6, 6.07) is 0.157. The number of rotatable bonds is 8. The van der Waals surface area contributed by atoms with E-state index in [0.717, 1.165) is 25.7 Å². The molecular formula is C23H36N4O5. The monoisotopic (exact) mass is 448 g/mol. The minimum absolute atomic E-state index is 0.122. The second-order valence-corrected chi connectivity index (χ2v) is 9.42. The van der Waals surface area contributed by atoms with E-state index < -0.39 is 17.6 Å². The summed E-state index contributed by atoms with van der Waals surface area (Å²) in [4.78, 5) is 26.1. The zero-order valence-corrected chi connectivity index (χ0v) is 20.0. The maximum Gasteiger partial charge on any atom is 0.291 e. The van der Waals surface area contributed by atoms with E-state index >= 15 is 0 Å². The summed E-state index contributed by atoms with van der Waals surface area (Å²) in [6.45, 7) is 8.95. The smallest absolute Gasteiger partial charge is 0.291 e. The molecule has 2 aromatic rings. The number of aliphatic hydroxyl groups is 1. The van der Waals surface area contributed by atoms with E-state index in [2.05, 4.69) is 10.5 Å². The van der Waals surface area contributed by atoms with Gasteiger partial charge in [0.15, 0.2) is 11.5 Å². The Bertz CT molecular complexity index is 1000. The lowest BCUT2D eigenvalue weighted by Crippen LogP contribution is -2.29. The molecule has 2 aromatic heterocycles. The van der Waals surface area contributed by atoms with Gasteiger partial charge in [-0.05, 0) is 47.0 Å². The maximum atomic E-state index is 13.1. The SMILES string of the molecule is CC[C@@H](OCC(C)(C)O)c1onc(C(=O)Nc2c(C)n(C)n(C3CCCCC3)c2=O)c1C. The fraction of sp³-hybridized carbons (Fsp3) is 0.696. The third-order valence-electron chi connectivity index (χ3n) is 6.23. The standard InChI is InChI=1S/C23H36N4O5/c1-7-17(31-13-23(4,5)30)20-14(2)18(25-32-20)21(28)24-19-15(3)26(6)27(22(19)29)16-11-9-8-10-12-16/h16-17,30H,7-13H2,1-6H3,(H,24,28)/t17-/m1/s1. The Balaban J connectivity index is 1.82. The highest BCUT2D eigenvalue weighted by Crippen LogP contribution is 2.30. The van der Waals surface area contributed by atoms with Gasteiger partial charge >= 0.3 is 0 Å². The lowest BCUT2D eigenvalue weighted by atomic mass is 9.96. The number of anilines is 1. The van der Waals surface area contributed by atoms with E-state index in [4.69, 9.17) is 9.26 Å². The highest BCUT2D eigenvalue weighted by atomic mass is 16.5. The minimum Gasteiger partial charge on any atom is -0.388 e. The molecule has 1 amide bonds. The second kappa shape index (κ2) is 9.62. The van der Waals surface area contributed by atoms with Crippen molar-refractivity contribution in [2.24, 2.45) is 7.05 Å². The molecule has 1 aliphatic carbocycles. The lowest BCUT2D eigenvalue weighted by molar-refractivity contribution is -0.0623. The van der Waals surface area contributed by atoms with E-state index in [0.29, 0.717) is 23.4 Å². The van der Waals surface area contributed by atoms with Crippen molar-refractivity contribution in [3.63, 3.8) is 0 Å². The summed E-state index contributed by atoms with van der Waals surface area (Å²) in [5.41, 5.74) is 0.493. The van der Waals surface area contributed by atoms with Gasteiger partial charge in [-0.1, -0.05) is 31.3 Å². The van der Waals surface area contributed by atoms with Crippen molar-refractivity contribution in [3.8, 4) is 0 Å². The number of hydrogen-bond donors (Lipinski definition) is 2. The van der Waals surface area contributed by atoms with Crippen LogP contribution >= 0.6 is 0 Å². The summed E-state index contributed by atoms with van der Waals surface area (Å²) in [6.07, 6.45) is 5.52. The molecule has 2 heterocycles. The quantitative estimate of drug-likeness (QED) is 0.636. The first-order valence-corrected chi connectivity index (χ1v) is 11.4. The van der Waals surface area contributed by atoms with Gasteiger partial charge in [-0.15, -0.1) is 0 Å². The van der Waals surface area contributed by atoms with Crippen molar-refractivity contribution in [3.05, 3.63) is 33.1 Å². The first kappa shape index (κ1) is 24.3. The first-order valence-electron chi connectivity index (χ1n) is 11.4. The Morgan fingerprint density at radius 3 is 2.56 bits per heavy atom. The summed E-state index contributed by atoms with van der Waals surface area (Å²) in [5.74, 6) is -0.0391. The van der Waals surface area contributed by atoms with E-state index in [9.17, 15) is 14.7 Å². The average Bonchev–Trinajstić information content (AvgIpc) is 3.21. The van der Waals surface area contributed by atoms with Crippen molar-refractivity contribution in [1.82, 2.24) is 14.5 Å². The zero-order valence-electron chi connectivity index (χ0n) is 20.0. The number of hydrogen-bond acceptors (Lipinski definition) is 6. The van der Waals surface area contributed by atoms with Crippen LogP contribution in [0.5, 0.6) is 0 Å². The van der Waals surface area contributed by atoms with Crippen LogP contribution in [-0.2, 0) is 11.8 Å². The van der Waals surface area contributed by atoms with Gasteiger partial charge in [-0.3, -0.25) is 14.3 Å². The summed E-state index contributed by atoms with van der Waals surface area (Å²) >= 11 is 0. The van der Waals surface area contributed by atoms with Gasteiger partial charge in [0.05, 0.1) is 23.9 Å². The van der Waals surface area contributed by atoms with Crippen LogP contribution in [0.1, 0.15) is 98.9 Å². The molecule has 0 unspecified atom stereocenters. The van der Waals surface area contributed by atoms with Gasteiger partial charge in [0.2, 0.25) is 0 Å². The molecule has 0 radical (unpaired) electrons. The number of nitrogens with one attached hydrogen (secondary N) is 1. The largest absolute Gasteiger partial charge is 0.388 e. The van der Waals surface area contributed by atoms with E-state index in [1.807, 2.05) is 25.6 Å². The molecule has 2 N–H and O–H groups in total. The molecule has 0 spiro atoms. The fourth-order valence-corrected chi connectivity index (χ4v) is 4.33. The van der Waals surface area contributed by atoms with Gasteiger partial charge in [0.1, 0.15) is 11.8 Å². The number of carbonyl (C=O) groups excluding carboxylic acids is 1. The van der Waals surface area contributed by atoms with Gasteiger partial charge in [-0.2, -0.15) is 0 Å². The molecule has 9 nitrogen and oxygen atoms in total. The van der Waals surface area contributed by atoms with Gasteiger partial charge in [0, 0.05) is 12.6 Å². The Morgan fingerprint density at radius 1 is 1.31 bits per heavy atom. The normalized spacial score (nSPS) is 16.3. The molecule has 3 rings (SSSR count). The average molecular weight is 449 g/mol. The molecule has 1 aliphatic rings. The van der Waals surface area contributed by atoms with Crippen LogP contribution in [0, 0.1) is 13.8 Å². The number of nitrogens with zero attached hydrogens (tertiary/aromatic N) is 3. The maximum absolute atomic E-state index is 13.1. The molecule has 0 aliphatic heterocycles. The second-order valence-electron chi connectivity index (χ2n) is 9.42. The molecule has 1 saturated carbocycles. The number of aromatic nitrogens is 3. The summed E-state index contributed by atoms with van der Waals surface area (Å²) in [7, 11) is 1.85.